The number of pyridine rings is 1. The molecule has 0 aliphatic rings. The zero-order valence-corrected chi connectivity index (χ0v) is 18.6. The average molecular weight is 445 g/mol. The number of ether oxygens (including phenoxy) is 1. The Hall–Kier alpha value is -3.93. The molecule has 0 saturated heterocycles. The van der Waals surface area contributed by atoms with Gasteiger partial charge in [0, 0.05) is 17.6 Å². The molecular formula is C27H25FN2O3. The predicted molar refractivity (Wildman–Crippen MR) is 127 cm³/mol. The van der Waals surface area contributed by atoms with Crippen molar-refractivity contribution in [3.63, 3.8) is 0 Å². The zero-order valence-electron chi connectivity index (χ0n) is 18.6. The molecule has 4 aromatic rings. The Balaban J connectivity index is 1.74. The lowest BCUT2D eigenvalue weighted by Crippen LogP contribution is -2.32. The Labute approximate surface area is 191 Å². The molecule has 168 valence electrons. The van der Waals surface area contributed by atoms with Crippen LogP contribution < -0.4 is 10.3 Å². The molecule has 0 saturated carbocycles. The molecule has 0 aliphatic carbocycles. The fourth-order valence-corrected chi connectivity index (χ4v) is 3.85. The maximum absolute atomic E-state index is 13.5. The first kappa shape index (κ1) is 22.3. The van der Waals surface area contributed by atoms with Crippen LogP contribution >= 0.6 is 0 Å². The second kappa shape index (κ2) is 9.69. The first-order valence-corrected chi connectivity index (χ1v) is 10.8. The average Bonchev–Trinajstić information content (AvgIpc) is 2.84. The number of aromatic amines is 1. The van der Waals surface area contributed by atoms with E-state index in [1.54, 1.807) is 41.3 Å². The predicted octanol–water partition coefficient (Wildman–Crippen LogP) is 5.08. The molecule has 6 heteroatoms. The first-order chi connectivity index (χ1) is 16.0. The molecule has 0 bridgehead atoms. The van der Waals surface area contributed by atoms with Gasteiger partial charge in [0.15, 0.2) is 0 Å². The summed E-state index contributed by atoms with van der Waals surface area (Å²) in [6.07, 6.45) is 0.882. The highest BCUT2D eigenvalue weighted by Crippen LogP contribution is 2.22. The van der Waals surface area contributed by atoms with E-state index < -0.39 is 0 Å². The molecule has 0 aliphatic heterocycles. The number of amides is 1. The minimum Gasteiger partial charge on any atom is -0.496 e. The molecular weight excluding hydrogens is 419 g/mol. The molecule has 3 aromatic carbocycles. The van der Waals surface area contributed by atoms with Gasteiger partial charge in [-0.2, -0.15) is 0 Å². The smallest absolute Gasteiger partial charge is 0.258 e. The summed E-state index contributed by atoms with van der Waals surface area (Å²) in [6, 6.07) is 20.7. The normalized spacial score (nSPS) is 10.9. The Bertz CT molecular complexity index is 1350. The number of carbonyl (C=O) groups excluding carboxylic acids is 1. The third kappa shape index (κ3) is 4.95. The van der Waals surface area contributed by atoms with Crippen molar-refractivity contribution in [1.29, 1.82) is 0 Å². The van der Waals surface area contributed by atoms with Gasteiger partial charge in [0.2, 0.25) is 0 Å². The summed E-state index contributed by atoms with van der Waals surface area (Å²) in [6.45, 7) is 2.38. The standard InChI is InChI=1S/C27H25FN2O3/c1-3-18-10-13-24-20(14-18)15-21(26(31)29-24)17-30(16-19-8-11-22(28)12-9-19)27(32)23-6-4-5-7-25(23)33-2/h4-15H,3,16-17H2,1-2H3,(H,29,31). The third-order valence-corrected chi connectivity index (χ3v) is 5.67. The third-order valence-electron chi connectivity index (χ3n) is 5.67. The van der Waals surface area contributed by atoms with Crippen LogP contribution in [0.3, 0.4) is 0 Å². The van der Waals surface area contributed by atoms with Gasteiger partial charge >= 0.3 is 0 Å². The maximum atomic E-state index is 13.5. The second-order valence-corrected chi connectivity index (χ2v) is 7.89. The maximum Gasteiger partial charge on any atom is 0.258 e. The summed E-state index contributed by atoms with van der Waals surface area (Å²) in [5.41, 5.74) is 3.29. The van der Waals surface area contributed by atoms with Gasteiger partial charge in [-0.1, -0.05) is 37.3 Å². The van der Waals surface area contributed by atoms with Crippen molar-refractivity contribution in [1.82, 2.24) is 9.88 Å². The van der Waals surface area contributed by atoms with Gasteiger partial charge in [-0.15, -0.1) is 0 Å². The van der Waals surface area contributed by atoms with Crippen LogP contribution in [0.2, 0.25) is 0 Å². The van der Waals surface area contributed by atoms with Crippen molar-refractivity contribution < 1.29 is 13.9 Å². The molecule has 0 spiro atoms. The van der Waals surface area contributed by atoms with E-state index in [9.17, 15) is 14.0 Å². The number of aryl methyl sites for hydroxylation is 1. The van der Waals surface area contributed by atoms with E-state index in [1.165, 1.54) is 19.2 Å². The number of hydrogen-bond acceptors (Lipinski definition) is 3. The second-order valence-electron chi connectivity index (χ2n) is 7.89. The Morgan fingerprint density at radius 2 is 1.70 bits per heavy atom. The Morgan fingerprint density at radius 1 is 0.970 bits per heavy atom. The van der Waals surface area contributed by atoms with E-state index >= 15 is 0 Å². The number of halogens is 1. The summed E-state index contributed by atoms with van der Waals surface area (Å²) >= 11 is 0. The first-order valence-electron chi connectivity index (χ1n) is 10.8. The molecule has 0 radical (unpaired) electrons. The molecule has 33 heavy (non-hydrogen) atoms. The highest BCUT2D eigenvalue weighted by Gasteiger charge is 2.21. The van der Waals surface area contributed by atoms with Gasteiger partial charge in [-0.3, -0.25) is 9.59 Å². The topological polar surface area (TPSA) is 62.4 Å². The summed E-state index contributed by atoms with van der Waals surface area (Å²) in [5.74, 6) is -0.177. The molecule has 0 fully saturated rings. The Kier molecular flexibility index (Phi) is 6.54. The lowest BCUT2D eigenvalue weighted by molar-refractivity contribution is 0.0726. The highest BCUT2D eigenvalue weighted by molar-refractivity contribution is 5.97. The van der Waals surface area contributed by atoms with Crippen LogP contribution in [0.5, 0.6) is 5.75 Å². The SMILES string of the molecule is CCc1ccc2[nH]c(=O)c(CN(Cc3ccc(F)cc3)C(=O)c3ccccc3OC)cc2c1. The van der Waals surface area contributed by atoms with Crippen LogP contribution in [-0.4, -0.2) is 22.9 Å². The lowest BCUT2D eigenvalue weighted by atomic mass is 10.1. The summed E-state index contributed by atoms with van der Waals surface area (Å²) < 4.78 is 18.8. The van der Waals surface area contributed by atoms with Crippen LogP contribution in [0.25, 0.3) is 10.9 Å². The molecule has 5 nitrogen and oxygen atoms in total. The van der Waals surface area contributed by atoms with Crippen molar-refractivity contribution >= 4 is 16.8 Å². The van der Waals surface area contributed by atoms with Gasteiger partial charge in [0.1, 0.15) is 11.6 Å². The number of para-hydroxylation sites is 1. The number of hydrogen-bond donors (Lipinski definition) is 1. The fourth-order valence-electron chi connectivity index (χ4n) is 3.85. The van der Waals surface area contributed by atoms with Crippen molar-refractivity contribution in [3.8, 4) is 5.75 Å². The number of rotatable bonds is 7. The van der Waals surface area contributed by atoms with Crippen LogP contribution in [0, 0.1) is 5.82 Å². The monoisotopic (exact) mass is 444 g/mol. The molecule has 1 N–H and O–H groups in total. The van der Waals surface area contributed by atoms with E-state index in [0.29, 0.717) is 16.9 Å². The van der Waals surface area contributed by atoms with Crippen molar-refractivity contribution in [3.05, 3.63) is 111 Å². The fraction of sp³-hybridized carbons (Fsp3) is 0.185. The summed E-state index contributed by atoms with van der Waals surface area (Å²) in [7, 11) is 1.51. The number of carbonyl (C=O) groups is 1. The molecule has 1 aromatic heterocycles. The number of benzene rings is 3. The van der Waals surface area contributed by atoms with E-state index in [1.807, 2.05) is 24.3 Å². The number of methoxy groups -OCH3 is 1. The van der Waals surface area contributed by atoms with Crippen LogP contribution in [0.1, 0.15) is 34.0 Å². The number of nitrogens with one attached hydrogen (secondary N) is 1. The van der Waals surface area contributed by atoms with Crippen molar-refractivity contribution in [2.75, 3.05) is 7.11 Å². The highest BCUT2D eigenvalue weighted by atomic mass is 19.1. The molecule has 0 unspecified atom stereocenters. The minimum atomic E-state index is -0.348. The van der Waals surface area contributed by atoms with Gasteiger partial charge in [0.05, 0.1) is 19.2 Å². The molecule has 1 heterocycles. The minimum absolute atomic E-state index is 0.0931. The van der Waals surface area contributed by atoms with E-state index in [2.05, 4.69) is 11.9 Å². The molecule has 1 amide bonds. The van der Waals surface area contributed by atoms with Crippen LogP contribution in [-0.2, 0) is 19.5 Å². The van der Waals surface area contributed by atoms with E-state index in [4.69, 9.17) is 4.74 Å². The van der Waals surface area contributed by atoms with Gasteiger partial charge in [-0.25, -0.2) is 4.39 Å². The van der Waals surface area contributed by atoms with Gasteiger partial charge in [0.25, 0.3) is 11.5 Å². The Morgan fingerprint density at radius 3 is 2.42 bits per heavy atom. The lowest BCUT2D eigenvalue weighted by Gasteiger charge is -2.24. The van der Waals surface area contributed by atoms with E-state index in [-0.39, 0.29) is 30.4 Å². The van der Waals surface area contributed by atoms with Crippen molar-refractivity contribution in [2.45, 2.75) is 26.4 Å². The quantitative estimate of drug-likeness (QED) is 0.432. The molecule has 0 atom stereocenters. The number of aromatic nitrogens is 1. The summed E-state index contributed by atoms with van der Waals surface area (Å²) in [4.78, 5) is 30.9. The van der Waals surface area contributed by atoms with Crippen molar-refractivity contribution in [2.24, 2.45) is 0 Å². The van der Waals surface area contributed by atoms with Gasteiger partial charge < -0.3 is 14.6 Å². The van der Waals surface area contributed by atoms with Crippen LogP contribution in [0.15, 0.2) is 77.6 Å². The van der Waals surface area contributed by atoms with Gasteiger partial charge in [-0.05, 0) is 65.4 Å². The zero-order chi connectivity index (χ0) is 23.4. The largest absolute Gasteiger partial charge is 0.496 e. The molecule has 4 rings (SSSR count). The number of H-pyrrole nitrogens is 1. The van der Waals surface area contributed by atoms with E-state index in [0.717, 1.165) is 28.5 Å². The number of fused-ring (bicyclic) bond motifs is 1. The number of nitrogens with zero attached hydrogens (tertiary/aromatic N) is 1. The van der Waals surface area contributed by atoms with Crippen LogP contribution in [0.4, 0.5) is 4.39 Å². The summed E-state index contributed by atoms with van der Waals surface area (Å²) in [5, 5.41) is 0.912.